The van der Waals surface area contributed by atoms with E-state index in [4.69, 9.17) is 5.73 Å². The number of hydrogen-bond acceptors (Lipinski definition) is 4. The molecular formula is C14H24N4. The Balaban J connectivity index is 2.20. The molecule has 0 radical (unpaired) electrons. The largest absolute Gasteiger partial charge is 0.352 e. The Morgan fingerprint density at radius 3 is 2.78 bits per heavy atom. The van der Waals surface area contributed by atoms with Gasteiger partial charge in [0, 0.05) is 30.9 Å². The van der Waals surface area contributed by atoms with Crippen LogP contribution in [-0.4, -0.2) is 29.1 Å². The van der Waals surface area contributed by atoms with Crippen LogP contribution in [0.1, 0.15) is 37.7 Å². The molecule has 2 unspecified atom stereocenters. The third-order valence-corrected chi connectivity index (χ3v) is 3.92. The molecule has 18 heavy (non-hydrogen) atoms. The van der Waals surface area contributed by atoms with Crippen LogP contribution in [0.2, 0.25) is 0 Å². The van der Waals surface area contributed by atoms with E-state index in [1.807, 2.05) is 13.8 Å². The Morgan fingerprint density at radius 1 is 1.39 bits per heavy atom. The van der Waals surface area contributed by atoms with E-state index in [2.05, 4.69) is 27.9 Å². The molecule has 0 saturated carbocycles. The summed E-state index contributed by atoms with van der Waals surface area (Å²) in [5, 5.41) is 0. The van der Waals surface area contributed by atoms with E-state index < -0.39 is 0 Å². The zero-order valence-corrected chi connectivity index (χ0v) is 11.7. The molecule has 4 nitrogen and oxygen atoms in total. The molecule has 1 aliphatic heterocycles. The predicted octanol–water partition coefficient (Wildman–Crippen LogP) is 2.05. The van der Waals surface area contributed by atoms with Gasteiger partial charge in [0.15, 0.2) is 0 Å². The van der Waals surface area contributed by atoms with Gasteiger partial charge in [-0.1, -0.05) is 13.3 Å². The van der Waals surface area contributed by atoms with E-state index in [1.54, 1.807) is 0 Å². The summed E-state index contributed by atoms with van der Waals surface area (Å²) in [5.74, 6) is 2.71. The van der Waals surface area contributed by atoms with E-state index in [0.29, 0.717) is 12.6 Å². The van der Waals surface area contributed by atoms with E-state index >= 15 is 0 Å². The van der Waals surface area contributed by atoms with Gasteiger partial charge >= 0.3 is 0 Å². The van der Waals surface area contributed by atoms with Crippen molar-refractivity contribution in [3.8, 4) is 0 Å². The Labute approximate surface area is 110 Å². The van der Waals surface area contributed by atoms with Gasteiger partial charge in [-0.3, -0.25) is 0 Å². The molecule has 1 fully saturated rings. The van der Waals surface area contributed by atoms with Gasteiger partial charge in [-0.2, -0.15) is 0 Å². The topological polar surface area (TPSA) is 55.0 Å². The summed E-state index contributed by atoms with van der Waals surface area (Å²) in [4.78, 5) is 11.3. The highest BCUT2D eigenvalue weighted by molar-refractivity contribution is 5.41. The first-order valence-corrected chi connectivity index (χ1v) is 6.93. The van der Waals surface area contributed by atoms with Crippen molar-refractivity contribution in [1.29, 1.82) is 0 Å². The average molecular weight is 248 g/mol. The second kappa shape index (κ2) is 5.65. The normalized spacial score (nSPS) is 24.3. The highest BCUT2D eigenvalue weighted by Gasteiger charge is 2.27. The fourth-order valence-electron chi connectivity index (χ4n) is 2.87. The minimum absolute atomic E-state index is 0.428. The molecule has 0 amide bonds. The number of hydrogen-bond donors (Lipinski definition) is 1. The van der Waals surface area contributed by atoms with E-state index in [1.165, 1.54) is 19.3 Å². The van der Waals surface area contributed by atoms with Gasteiger partial charge in [-0.25, -0.2) is 9.97 Å². The number of aromatic nitrogens is 2. The standard InChI is InChI=1S/C14H24N4/c1-4-12-5-6-18(13(8-12)9-15)14-7-10(2)16-11(3)17-14/h7,12-13H,4-6,8-9,15H2,1-3H3. The number of nitrogens with zero attached hydrogens (tertiary/aromatic N) is 3. The molecule has 0 spiro atoms. The fourth-order valence-corrected chi connectivity index (χ4v) is 2.87. The summed E-state index contributed by atoms with van der Waals surface area (Å²) in [6, 6.07) is 2.50. The van der Waals surface area contributed by atoms with Crippen molar-refractivity contribution >= 4 is 5.82 Å². The molecule has 0 bridgehead atoms. The van der Waals surface area contributed by atoms with Crippen molar-refractivity contribution < 1.29 is 0 Å². The molecule has 1 aromatic heterocycles. The van der Waals surface area contributed by atoms with E-state index in [-0.39, 0.29) is 0 Å². The lowest BCUT2D eigenvalue weighted by molar-refractivity contribution is 0.334. The van der Waals surface area contributed by atoms with Gasteiger partial charge < -0.3 is 10.6 Å². The molecule has 0 aromatic carbocycles. The fraction of sp³-hybridized carbons (Fsp3) is 0.714. The Morgan fingerprint density at radius 2 is 2.17 bits per heavy atom. The summed E-state index contributed by atoms with van der Waals surface area (Å²) in [5.41, 5.74) is 6.97. The van der Waals surface area contributed by atoms with Crippen molar-refractivity contribution in [3.63, 3.8) is 0 Å². The lowest BCUT2D eigenvalue weighted by Gasteiger charge is -2.39. The molecule has 1 saturated heterocycles. The number of nitrogens with two attached hydrogens (primary N) is 1. The minimum Gasteiger partial charge on any atom is -0.352 e. The van der Waals surface area contributed by atoms with Crippen LogP contribution in [0.3, 0.4) is 0 Å². The van der Waals surface area contributed by atoms with Crippen molar-refractivity contribution in [1.82, 2.24) is 9.97 Å². The van der Waals surface area contributed by atoms with Crippen LogP contribution in [0.15, 0.2) is 6.07 Å². The van der Waals surface area contributed by atoms with Crippen molar-refractivity contribution in [2.24, 2.45) is 11.7 Å². The molecule has 100 valence electrons. The number of anilines is 1. The molecule has 0 aliphatic carbocycles. The highest BCUT2D eigenvalue weighted by atomic mass is 15.2. The second-order valence-corrected chi connectivity index (χ2v) is 5.30. The monoisotopic (exact) mass is 248 g/mol. The third kappa shape index (κ3) is 2.80. The third-order valence-electron chi connectivity index (χ3n) is 3.92. The highest BCUT2D eigenvalue weighted by Crippen LogP contribution is 2.28. The van der Waals surface area contributed by atoms with Crippen LogP contribution >= 0.6 is 0 Å². The molecule has 1 aliphatic rings. The SMILES string of the molecule is CCC1CCN(c2cc(C)nc(C)n2)C(CN)C1. The maximum Gasteiger partial charge on any atom is 0.132 e. The van der Waals surface area contributed by atoms with Gasteiger partial charge in [-0.15, -0.1) is 0 Å². The number of rotatable bonds is 3. The quantitative estimate of drug-likeness (QED) is 0.889. The molecule has 2 rings (SSSR count). The van der Waals surface area contributed by atoms with E-state index in [0.717, 1.165) is 29.8 Å². The van der Waals surface area contributed by atoms with Gasteiger partial charge in [0.05, 0.1) is 0 Å². The predicted molar refractivity (Wildman–Crippen MR) is 74.7 cm³/mol. The lowest BCUT2D eigenvalue weighted by atomic mass is 9.89. The Bertz CT molecular complexity index is 385. The smallest absolute Gasteiger partial charge is 0.132 e. The van der Waals surface area contributed by atoms with Crippen LogP contribution in [0.5, 0.6) is 0 Å². The Hall–Kier alpha value is -1.16. The number of piperidine rings is 1. The van der Waals surface area contributed by atoms with Gasteiger partial charge in [-0.05, 0) is 32.6 Å². The molecule has 2 heterocycles. The first-order chi connectivity index (χ1) is 8.63. The zero-order valence-electron chi connectivity index (χ0n) is 11.7. The molecule has 2 N–H and O–H groups in total. The van der Waals surface area contributed by atoms with E-state index in [9.17, 15) is 0 Å². The average Bonchev–Trinajstić information content (AvgIpc) is 2.36. The molecular weight excluding hydrogens is 224 g/mol. The lowest BCUT2D eigenvalue weighted by Crippen LogP contribution is -2.47. The summed E-state index contributed by atoms with van der Waals surface area (Å²) in [6.45, 7) is 8.02. The molecule has 2 atom stereocenters. The molecule has 4 heteroatoms. The van der Waals surface area contributed by atoms with Crippen LogP contribution in [0, 0.1) is 19.8 Å². The van der Waals surface area contributed by atoms with Crippen molar-refractivity contribution in [2.75, 3.05) is 18.0 Å². The van der Waals surface area contributed by atoms with Gasteiger partial charge in [0.2, 0.25) is 0 Å². The summed E-state index contributed by atoms with van der Waals surface area (Å²) in [7, 11) is 0. The van der Waals surface area contributed by atoms with Crippen LogP contribution < -0.4 is 10.6 Å². The number of aryl methyl sites for hydroxylation is 2. The van der Waals surface area contributed by atoms with Crippen LogP contribution in [0.25, 0.3) is 0 Å². The van der Waals surface area contributed by atoms with Crippen LogP contribution in [0.4, 0.5) is 5.82 Å². The van der Waals surface area contributed by atoms with Gasteiger partial charge in [0.1, 0.15) is 11.6 Å². The van der Waals surface area contributed by atoms with Crippen molar-refractivity contribution in [2.45, 2.75) is 46.1 Å². The summed E-state index contributed by atoms with van der Waals surface area (Å²) >= 11 is 0. The summed E-state index contributed by atoms with van der Waals surface area (Å²) in [6.07, 6.45) is 3.69. The second-order valence-electron chi connectivity index (χ2n) is 5.30. The minimum atomic E-state index is 0.428. The Kier molecular flexibility index (Phi) is 4.17. The van der Waals surface area contributed by atoms with Crippen LogP contribution in [-0.2, 0) is 0 Å². The maximum absolute atomic E-state index is 5.94. The summed E-state index contributed by atoms with van der Waals surface area (Å²) < 4.78 is 0. The zero-order chi connectivity index (χ0) is 13.1. The first kappa shape index (κ1) is 13.3. The van der Waals surface area contributed by atoms with Crippen molar-refractivity contribution in [3.05, 3.63) is 17.6 Å². The first-order valence-electron chi connectivity index (χ1n) is 6.93. The maximum atomic E-state index is 5.94. The molecule has 1 aromatic rings. The van der Waals surface area contributed by atoms with Gasteiger partial charge in [0.25, 0.3) is 0 Å².